The molecule has 96 valence electrons. The van der Waals surface area contributed by atoms with Crippen molar-refractivity contribution >= 4 is 0 Å². The summed E-state index contributed by atoms with van der Waals surface area (Å²) in [5, 5.41) is 0. The molecule has 0 fully saturated rings. The monoisotopic (exact) mass is 256 g/mol. The van der Waals surface area contributed by atoms with Crippen molar-refractivity contribution in [2.75, 3.05) is 7.11 Å². The van der Waals surface area contributed by atoms with Crippen molar-refractivity contribution in [3.63, 3.8) is 0 Å². The van der Waals surface area contributed by atoms with Crippen molar-refractivity contribution in [3.05, 3.63) is 41.7 Å². The number of ether oxygens (including phenoxy) is 1. The average Bonchev–Trinajstić information content (AvgIpc) is 2.80. The van der Waals surface area contributed by atoms with E-state index in [1.54, 1.807) is 25.1 Å². The van der Waals surface area contributed by atoms with Gasteiger partial charge in [0.1, 0.15) is 11.5 Å². The Morgan fingerprint density at radius 1 is 1.22 bits per heavy atom. The van der Waals surface area contributed by atoms with E-state index >= 15 is 0 Å². The molecule has 0 N–H and O–H groups in total. The van der Waals surface area contributed by atoms with E-state index in [-0.39, 0.29) is 5.75 Å². The Labute approximate surface area is 102 Å². The van der Waals surface area contributed by atoms with Crippen molar-refractivity contribution in [2.45, 2.75) is 13.1 Å². The molecule has 0 amide bonds. The molecule has 2 nitrogen and oxygen atoms in total. The second kappa shape index (κ2) is 4.40. The molecule has 2 aromatic rings. The fourth-order valence-corrected chi connectivity index (χ4v) is 1.84. The first-order valence-electron chi connectivity index (χ1n) is 5.23. The molecule has 18 heavy (non-hydrogen) atoms. The Kier molecular flexibility index (Phi) is 3.07. The van der Waals surface area contributed by atoms with Crippen LogP contribution in [0.25, 0.3) is 11.3 Å². The Bertz CT molecular complexity index is 542. The lowest BCUT2D eigenvalue weighted by molar-refractivity contribution is -0.138. The van der Waals surface area contributed by atoms with Gasteiger partial charge in [-0.3, -0.25) is 0 Å². The summed E-state index contributed by atoms with van der Waals surface area (Å²) in [6.07, 6.45) is -3.04. The van der Waals surface area contributed by atoms with Crippen LogP contribution >= 0.6 is 0 Å². The molecule has 0 spiro atoms. The number of rotatable bonds is 2. The van der Waals surface area contributed by atoms with E-state index in [9.17, 15) is 13.2 Å². The third-order valence-corrected chi connectivity index (χ3v) is 2.59. The molecule has 0 aliphatic carbocycles. The maximum Gasteiger partial charge on any atom is 0.419 e. The number of hydrogen-bond donors (Lipinski definition) is 0. The first-order chi connectivity index (χ1) is 8.43. The summed E-state index contributed by atoms with van der Waals surface area (Å²) in [5.74, 6) is 0.240. The molecule has 0 unspecified atom stereocenters. The maximum absolute atomic E-state index is 12.9. The third kappa shape index (κ3) is 2.20. The van der Waals surface area contributed by atoms with Crippen LogP contribution in [0.1, 0.15) is 11.1 Å². The molecule has 5 heteroatoms. The zero-order chi connectivity index (χ0) is 13.3. The Morgan fingerprint density at radius 2 is 1.94 bits per heavy atom. The van der Waals surface area contributed by atoms with Crippen molar-refractivity contribution in [1.29, 1.82) is 0 Å². The Hall–Kier alpha value is -1.91. The lowest BCUT2D eigenvalue weighted by Gasteiger charge is -2.15. The standard InChI is InChI=1S/C13H11F3O2/c1-8-6-9(11-4-3-5-18-11)7-10(12(8)17-2)13(14,15)16/h3-7H,1-2H3. The van der Waals surface area contributed by atoms with Crippen LogP contribution in [0.15, 0.2) is 34.9 Å². The summed E-state index contributed by atoms with van der Waals surface area (Å²) in [6.45, 7) is 1.57. The number of benzene rings is 1. The van der Waals surface area contributed by atoms with E-state index in [0.29, 0.717) is 16.9 Å². The quantitative estimate of drug-likeness (QED) is 0.800. The molecule has 0 aliphatic rings. The van der Waals surface area contributed by atoms with E-state index in [2.05, 4.69) is 0 Å². The second-order valence-electron chi connectivity index (χ2n) is 3.85. The van der Waals surface area contributed by atoms with Crippen LogP contribution in [-0.4, -0.2) is 7.11 Å². The second-order valence-corrected chi connectivity index (χ2v) is 3.85. The zero-order valence-electron chi connectivity index (χ0n) is 9.84. The largest absolute Gasteiger partial charge is 0.496 e. The molecule has 0 radical (unpaired) electrons. The lowest BCUT2D eigenvalue weighted by atomic mass is 10.0. The maximum atomic E-state index is 12.9. The fourth-order valence-electron chi connectivity index (χ4n) is 1.84. The van der Waals surface area contributed by atoms with Gasteiger partial charge in [-0.05, 0) is 36.8 Å². The predicted molar refractivity (Wildman–Crippen MR) is 60.4 cm³/mol. The van der Waals surface area contributed by atoms with Crippen LogP contribution in [0.4, 0.5) is 13.2 Å². The van der Waals surface area contributed by atoms with Crippen LogP contribution in [0.5, 0.6) is 5.75 Å². The highest BCUT2D eigenvalue weighted by atomic mass is 19.4. The van der Waals surface area contributed by atoms with E-state index in [4.69, 9.17) is 9.15 Å². The van der Waals surface area contributed by atoms with Gasteiger partial charge in [0, 0.05) is 5.56 Å². The van der Waals surface area contributed by atoms with E-state index in [1.807, 2.05) is 0 Å². The Balaban J connectivity index is 2.64. The normalized spacial score (nSPS) is 11.6. The topological polar surface area (TPSA) is 22.4 Å². The van der Waals surface area contributed by atoms with Gasteiger partial charge < -0.3 is 9.15 Å². The molecule has 0 bridgehead atoms. The molecular formula is C13H11F3O2. The van der Waals surface area contributed by atoms with Crippen molar-refractivity contribution in [1.82, 2.24) is 0 Å². The summed E-state index contributed by atoms with van der Waals surface area (Å²) in [6, 6.07) is 5.88. The summed E-state index contributed by atoms with van der Waals surface area (Å²) >= 11 is 0. The number of methoxy groups -OCH3 is 1. The minimum atomic E-state index is -4.46. The number of halogens is 3. The van der Waals surface area contributed by atoms with Crippen LogP contribution < -0.4 is 4.74 Å². The number of alkyl halides is 3. The molecule has 2 rings (SSSR count). The molecule has 1 heterocycles. The summed E-state index contributed by atoms with van der Waals surface area (Å²) in [5.41, 5.74) is 0.000694. The number of furan rings is 1. The lowest BCUT2D eigenvalue weighted by Crippen LogP contribution is -2.08. The highest BCUT2D eigenvalue weighted by Crippen LogP contribution is 2.40. The van der Waals surface area contributed by atoms with Crippen molar-refractivity contribution in [2.24, 2.45) is 0 Å². The van der Waals surface area contributed by atoms with Crippen molar-refractivity contribution < 1.29 is 22.3 Å². The van der Waals surface area contributed by atoms with Gasteiger partial charge in [0.2, 0.25) is 0 Å². The van der Waals surface area contributed by atoms with E-state index < -0.39 is 11.7 Å². The van der Waals surface area contributed by atoms with Crippen LogP contribution in [0.3, 0.4) is 0 Å². The number of aryl methyl sites for hydroxylation is 1. The summed E-state index contributed by atoms with van der Waals surface area (Å²) < 4.78 is 48.7. The fraction of sp³-hybridized carbons (Fsp3) is 0.231. The SMILES string of the molecule is COc1c(C)cc(-c2ccco2)cc1C(F)(F)F. The third-order valence-electron chi connectivity index (χ3n) is 2.59. The Morgan fingerprint density at radius 3 is 2.44 bits per heavy atom. The van der Waals surface area contributed by atoms with Crippen LogP contribution in [-0.2, 0) is 6.18 Å². The number of hydrogen-bond acceptors (Lipinski definition) is 2. The molecule has 1 aromatic heterocycles. The van der Waals surface area contributed by atoms with Crippen molar-refractivity contribution in [3.8, 4) is 17.1 Å². The van der Waals surface area contributed by atoms with Gasteiger partial charge in [0.05, 0.1) is 18.9 Å². The van der Waals surface area contributed by atoms with E-state index in [0.717, 1.165) is 6.07 Å². The van der Waals surface area contributed by atoms with E-state index in [1.165, 1.54) is 13.4 Å². The molecule has 0 saturated carbocycles. The predicted octanol–water partition coefficient (Wildman–Crippen LogP) is 4.28. The molecule has 0 saturated heterocycles. The zero-order valence-corrected chi connectivity index (χ0v) is 9.84. The first-order valence-corrected chi connectivity index (χ1v) is 5.23. The smallest absolute Gasteiger partial charge is 0.419 e. The van der Waals surface area contributed by atoms with Gasteiger partial charge in [-0.25, -0.2) is 0 Å². The average molecular weight is 256 g/mol. The van der Waals surface area contributed by atoms with Crippen LogP contribution in [0.2, 0.25) is 0 Å². The minimum Gasteiger partial charge on any atom is -0.496 e. The van der Waals surface area contributed by atoms with Gasteiger partial charge in [-0.15, -0.1) is 0 Å². The highest BCUT2D eigenvalue weighted by molar-refractivity contribution is 5.63. The van der Waals surface area contributed by atoms with Gasteiger partial charge in [-0.2, -0.15) is 13.2 Å². The summed E-state index contributed by atoms with van der Waals surface area (Å²) in [7, 11) is 1.23. The van der Waals surface area contributed by atoms with Crippen LogP contribution in [0, 0.1) is 6.92 Å². The first kappa shape index (κ1) is 12.5. The van der Waals surface area contributed by atoms with Gasteiger partial charge in [-0.1, -0.05) is 0 Å². The van der Waals surface area contributed by atoms with Gasteiger partial charge in [0.25, 0.3) is 0 Å². The molecular weight excluding hydrogens is 245 g/mol. The molecule has 0 aliphatic heterocycles. The molecule has 1 aromatic carbocycles. The minimum absolute atomic E-state index is 0.155. The molecule has 0 atom stereocenters. The van der Waals surface area contributed by atoms with Gasteiger partial charge >= 0.3 is 6.18 Å². The van der Waals surface area contributed by atoms with Gasteiger partial charge in [0.15, 0.2) is 0 Å². The highest BCUT2D eigenvalue weighted by Gasteiger charge is 2.35. The summed E-state index contributed by atoms with van der Waals surface area (Å²) in [4.78, 5) is 0.